The van der Waals surface area contributed by atoms with Gasteiger partial charge in [-0.3, -0.25) is 4.79 Å². The van der Waals surface area contributed by atoms with Crippen LogP contribution in [0.1, 0.15) is 38.5 Å². The number of benzene rings is 1. The summed E-state index contributed by atoms with van der Waals surface area (Å²) >= 11 is 1.68. The third kappa shape index (κ3) is 4.00. The highest BCUT2D eigenvalue weighted by Gasteiger charge is 2.32. The molecule has 1 amide bonds. The molecule has 0 saturated heterocycles. The second kappa shape index (κ2) is 7.14. The van der Waals surface area contributed by atoms with E-state index in [-0.39, 0.29) is 11.3 Å². The Hall–Kier alpha value is -1.00. The van der Waals surface area contributed by atoms with Crippen LogP contribution >= 0.6 is 11.8 Å². The molecule has 0 atom stereocenters. The Morgan fingerprint density at radius 1 is 1.35 bits per heavy atom. The molecule has 0 radical (unpaired) electrons. The third-order valence-electron chi connectivity index (χ3n) is 4.24. The molecule has 1 aliphatic carbocycles. The van der Waals surface area contributed by atoms with Gasteiger partial charge in [-0.1, -0.05) is 25.3 Å². The molecule has 0 aliphatic heterocycles. The average molecular weight is 292 g/mol. The number of hydrogen-bond acceptors (Lipinski definition) is 3. The fourth-order valence-electron chi connectivity index (χ4n) is 3.00. The molecule has 1 fully saturated rings. The number of thioether (sulfide) groups is 1. The van der Waals surface area contributed by atoms with Crippen LogP contribution in [0.4, 0.5) is 5.69 Å². The van der Waals surface area contributed by atoms with Gasteiger partial charge in [0.15, 0.2) is 0 Å². The first-order valence-electron chi connectivity index (χ1n) is 7.31. The zero-order valence-electron chi connectivity index (χ0n) is 12.2. The first-order chi connectivity index (χ1) is 9.67. The molecular weight excluding hydrogens is 268 g/mol. The zero-order valence-corrected chi connectivity index (χ0v) is 13.0. The van der Waals surface area contributed by atoms with Crippen LogP contribution in [0.2, 0.25) is 0 Å². The number of nitrogens with two attached hydrogens (primary N) is 1. The molecule has 1 saturated carbocycles. The summed E-state index contributed by atoms with van der Waals surface area (Å²) in [5.41, 5.74) is 6.85. The van der Waals surface area contributed by atoms with Crippen molar-refractivity contribution in [3.8, 4) is 0 Å². The number of rotatable bonds is 5. The van der Waals surface area contributed by atoms with Crippen molar-refractivity contribution in [2.24, 2.45) is 11.1 Å². The molecule has 0 aromatic heterocycles. The van der Waals surface area contributed by atoms with E-state index >= 15 is 0 Å². The van der Waals surface area contributed by atoms with Crippen LogP contribution < -0.4 is 11.1 Å². The second-order valence-electron chi connectivity index (χ2n) is 5.72. The fourth-order valence-corrected chi connectivity index (χ4v) is 3.46. The van der Waals surface area contributed by atoms with E-state index in [4.69, 9.17) is 5.73 Å². The van der Waals surface area contributed by atoms with Gasteiger partial charge < -0.3 is 11.1 Å². The van der Waals surface area contributed by atoms with Gasteiger partial charge in [0.2, 0.25) is 5.91 Å². The summed E-state index contributed by atoms with van der Waals surface area (Å²) in [4.78, 5) is 13.4. The van der Waals surface area contributed by atoms with Crippen LogP contribution in [-0.4, -0.2) is 18.7 Å². The van der Waals surface area contributed by atoms with Crippen LogP contribution in [-0.2, 0) is 4.79 Å². The van der Waals surface area contributed by atoms with Crippen molar-refractivity contribution in [1.82, 2.24) is 0 Å². The van der Waals surface area contributed by atoms with Gasteiger partial charge in [-0.2, -0.15) is 0 Å². The molecule has 1 aliphatic rings. The van der Waals surface area contributed by atoms with E-state index < -0.39 is 0 Å². The molecule has 3 nitrogen and oxygen atoms in total. The van der Waals surface area contributed by atoms with Crippen LogP contribution in [0.5, 0.6) is 0 Å². The van der Waals surface area contributed by atoms with Gasteiger partial charge in [-0.25, -0.2) is 0 Å². The van der Waals surface area contributed by atoms with Gasteiger partial charge in [-0.15, -0.1) is 11.8 Å². The number of carbonyl (C=O) groups is 1. The van der Waals surface area contributed by atoms with Gasteiger partial charge in [-0.05, 0) is 49.3 Å². The minimum absolute atomic E-state index is 0.0272. The normalized spacial score (nSPS) is 17.7. The molecule has 0 bridgehead atoms. The monoisotopic (exact) mass is 292 g/mol. The lowest BCUT2D eigenvalue weighted by Gasteiger charge is -2.35. The maximum absolute atomic E-state index is 12.3. The molecule has 1 aromatic carbocycles. The molecular formula is C16H24N2OS. The molecule has 20 heavy (non-hydrogen) atoms. The van der Waals surface area contributed by atoms with Crippen molar-refractivity contribution in [2.45, 2.75) is 43.4 Å². The molecule has 1 aromatic rings. The van der Waals surface area contributed by atoms with E-state index in [1.807, 2.05) is 30.5 Å². The Morgan fingerprint density at radius 3 is 2.75 bits per heavy atom. The lowest BCUT2D eigenvalue weighted by atomic mass is 9.71. The predicted octanol–water partition coefficient (Wildman–Crippen LogP) is 3.65. The Balaban J connectivity index is 1.97. The summed E-state index contributed by atoms with van der Waals surface area (Å²) in [7, 11) is 0. The van der Waals surface area contributed by atoms with Gasteiger partial charge >= 0.3 is 0 Å². The summed E-state index contributed by atoms with van der Waals surface area (Å²) < 4.78 is 0. The van der Waals surface area contributed by atoms with Crippen molar-refractivity contribution in [2.75, 3.05) is 18.1 Å². The summed E-state index contributed by atoms with van der Waals surface area (Å²) in [5, 5.41) is 3.02. The van der Waals surface area contributed by atoms with E-state index in [2.05, 4.69) is 5.32 Å². The Labute approximate surface area is 125 Å². The van der Waals surface area contributed by atoms with Crippen molar-refractivity contribution < 1.29 is 4.79 Å². The lowest BCUT2D eigenvalue weighted by molar-refractivity contribution is -0.118. The van der Waals surface area contributed by atoms with Crippen LogP contribution in [0.3, 0.4) is 0 Å². The standard InChI is InChI=1S/C16H24N2OS/c1-20-14-7-5-6-13(10-14)18-15(19)11-16(12-17)8-3-2-4-9-16/h5-7,10H,2-4,8-9,11-12,17H2,1H3,(H,18,19). The Morgan fingerprint density at radius 2 is 2.10 bits per heavy atom. The van der Waals surface area contributed by atoms with Crippen molar-refractivity contribution in [3.05, 3.63) is 24.3 Å². The second-order valence-corrected chi connectivity index (χ2v) is 6.60. The zero-order chi connectivity index (χ0) is 14.4. The number of hydrogen-bond donors (Lipinski definition) is 2. The highest BCUT2D eigenvalue weighted by Crippen LogP contribution is 2.38. The SMILES string of the molecule is CSc1cccc(NC(=O)CC2(CN)CCCCC2)c1. The summed E-state index contributed by atoms with van der Waals surface area (Å²) in [5.74, 6) is 0.0932. The smallest absolute Gasteiger partial charge is 0.224 e. The molecule has 0 spiro atoms. The third-order valence-corrected chi connectivity index (χ3v) is 4.96. The van der Waals surface area contributed by atoms with Crippen LogP contribution in [0, 0.1) is 5.41 Å². The first kappa shape index (κ1) is 15.4. The van der Waals surface area contributed by atoms with E-state index in [1.54, 1.807) is 11.8 Å². The molecule has 3 N–H and O–H groups in total. The van der Waals surface area contributed by atoms with E-state index in [0.29, 0.717) is 13.0 Å². The number of carbonyl (C=O) groups excluding carboxylic acids is 1. The quantitative estimate of drug-likeness (QED) is 0.815. The van der Waals surface area contributed by atoms with Gasteiger partial charge in [0.1, 0.15) is 0 Å². The van der Waals surface area contributed by atoms with Crippen LogP contribution in [0.25, 0.3) is 0 Å². The van der Waals surface area contributed by atoms with Gasteiger partial charge in [0.05, 0.1) is 0 Å². The van der Waals surface area contributed by atoms with Crippen LogP contribution in [0.15, 0.2) is 29.2 Å². The molecule has 110 valence electrons. The topological polar surface area (TPSA) is 55.1 Å². The van der Waals surface area contributed by atoms with Gasteiger partial charge in [0, 0.05) is 17.0 Å². The van der Waals surface area contributed by atoms with Gasteiger partial charge in [0.25, 0.3) is 0 Å². The molecule has 2 rings (SSSR count). The maximum atomic E-state index is 12.3. The van der Waals surface area contributed by atoms with E-state index in [9.17, 15) is 4.79 Å². The first-order valence-corrected chi connectivity index (χ1v) is 8.54. The number of anilines is 1. The fraction of sp³-hybridized carbons (Fsp3) is 0.562. The summed E-state index contributed by atoms with van der Waals surface area (Å²) in [6.45, 7) is 0.616. The largest absolute Gasteiger partial charge is 0.330 e. The Bertz CT molecular complexity index is 456. The minimum Gasteiger partial charge on any atom is -0.330 e. The lowest BCUT2D eigenvalue weighted by Crippen LogP contribution is -2.36. The Kier molecular flexibility index (Phi) is 5.49. The number of amides is 1. The minimum atomic E-state index is 0.0272. The van der Waals surface area contributed by atoms with E-state index in [1.165, 1.54) is 19.3 Å². The van der Waals surface area contributed by atoms with Crippen molar-refractivity contribution in [1.29, 1.82) is 0 Å². The molecule has 0 unspecified atom stereocenters. The maximum Gasteiger partial charge on any atom is 0.224 e. The average Bonchev–Trinajstić information content (AvgIpc) is 2.48. The van der Waals surface area contributed by atoms with E-state index in [0.717, 1.165) is 23.4 Å². The highest BCUT2D eigenvalue weighted by molar-refractivity contribution is 7.98. The highest BCUT2D eigenvalue weighted by atomic mass is 32.2. The molecule has 0 heterocycles. The van der Waals surface area contributed by atoms with Crippen molar-refractivity contribution in [3.63, 3.8) is 0 Å². The summed E-state index contributed by atoms with van der Waals surface area (Å²) in [6, 6.07) is 7.97. The molecule has 4 heteroatoms. The van der Waals surface area contributed by atoms with Crippen molar-refractivity contribution >= 4 is 23.4 Å². The summed E-state index contributed by atoms with van der Waals surface area (Å²) in [6.07, 6.45) is 8.43. The number of nitrogens with one attached hydrogen (secondary N) is 1. The predicted molar refractivity (Wildman–Crippen MR) is 86.0 cm³/mol.